The predicted octanol–water partition coefficient (Wildman–Crippen LogP) is 2.25. The monoisotopic (exact) mass is 359 g/mol. The molecule has 0 bridgehead atoms. The summed E-state index contributed by atoms with van der Waals surface area (Å²) in [6.07, 6.45) is 9.05. The van der Waals surface area contributed by atoms with Crippen LogP contribution in [-0.4, -0.2) is 40.5 Å². The molecule has 0 aliphatic rings. The third kappa shape index (κ3) is 3.51. The van der Waals surface area contributed by atoms with Gasteiger partial charge in [-0.2, -0.15) is 5.10 Å². The summed E-state index contributed by atoms with van der Waals surface area (Å²) >= 11 is 0. The fourth-order valence-corrected chi connectivity index (χ4v) is 2.68. The summed E-state index contributed by atoms with van der Waals surface area (Å²) in [5.41, 5.74) is 3.57. The lowest BCUT2D eigenvalue weighted by Crippen LogP contribution is -2.03. The number of aromatic amines is 1. The molecule has 4 rings (SSSR count). The lowest BCUT2D eigenvalue weighted by molar-refractivity contribution is 0.211. The number of hydrogen-bond acceptors (Lipinski definition) is 6. The van der Waals surface area contributed by atoms with E-state index in [1.54, 1.807) is 54.7 Å². The highest BCUT2D eigenvalue weighted by Crippen LogP contribution is 2.21. The molecule has 0 aliphatic heterocycles. The summed E-state index contributed by atoms with van der Waals surface area (Å²) in [7, 11) is 1.80. The number of hydrogen-bond donors (Lipinski definition) is 3. The summed E-state index contributed by atoms with van der Waals surface area (Å²) in [4.78, 5) is 16.0. The van der Waals surface area contributed by atoms with Gasteiger partial charge in [0, 0.05) is 25.0 Å². The van der Waals surface area contributed by atoms with E-state index in [2.05, 4.69) is 25.0 Å². The normalized spacial score (nSPS) is 12.7. The van der Waals surface area contributed by atoms with Crippen LogP contribution in [0.3, 0.4) is 0 Å². The van der Waals surface area contributed by atoms with Gasteiger partial charge in [-0.3, -0.25) is 9.67 Å². The SMILES string of the molecule is Cn1cc(C(=N)/C=C\c2ncc(C(O)c3ccc4ncccc4n3)[nH]2)cn1. The number of aromatic nitrogens is 6. The molecule has 1 atom stereocenters. The van der Waals surface area contributed by atoms with Crippen LogP contribution in [0.15, 0.2) is 55.1 Å². The van der Waals surface area contributed by atoms with Gasteiger partial charge in [0.1, 0.15) is 11.9 Å². The molecule has 27 heavy (non-hydrogen) atoms. The minimum atomic E-state index is -0.929. The first-order valence-corrected chi connectivity index (χ1v) is 8.30. The fraction of sp³-hybridized carbons (Fsp3) is 0.105. The molecule has 4 heterocycles. The van der Waals surface area contributed by atoms with Gasteiger partial charge in [0.2, 0.25) is 0 Å². The van der Waals surface area contributed by atoms with E-state index in [4.69, 9.17) is 5.41 Å². The molecule has 0 aliphatic carbocycles. The number of H-pyrrole nitrogens is 1. The first-order valence-electron chi connectivity index (χ1n) is 8.30. The molecule has 134 valence electrons. The second-order valence-corrected chi connectivity index (χ2v) is 6.05. The van der Waals surface area contributed by atoms with E-state index in [1.165, 1.54) is 0 Å². The minimum absolute atomic E-state index is 0.324. The van der Waals surface area contributed by atoms with Crippen molar-refractivity contribution in [3.63, 3.8) is 0 Å². The number of pyridine rings is 2. The van der Waals surface area contributed by atoms with E-state index < -0.39 is 6.10 Å². The molecular weight excluding hydrogens is 342 g/mol. The van der Waals surface area contributed by atoms with Crippen LogP contribution in [0.5, 0.6) is 0 Å². The maximum absolute atomic E-state index is 10.6. The first-order chi connectivity index (χ1) is 13.1. The molecule has 0 saturated heterocycles. The Morgan fingerprint density at radius 3 is 2.93 bits per heavy atom. The van der Waals surface area contributed by atoms with Gasteiger partial charge in [0.15, 0.2) is 0 Å². The van der Waals surface area contributed by atoms with Crippen LogP contribution in [0.4, 0.5) is 0 Å². The number of aryl methyl sites for hydroxylation is 1. The van der Waals surface area contributed by atoms with Crippen molar-refractivity contribution in [2.45, 2.75) is 6.10 Å². The van der Waals surface area contributed by atoms with E-state index in [9.17, 15) is 5.11 Å². The van der Waals surface area contributed by atoms with Crippen molar-refractivity contribution in [2.75, 3.05) is 0 Å². The maximum atomic E-state index is 10.6. The molecule has 3 N–H and O–H groups in total. The minimum Gasteiger partial charge on any atom is -0.380 e. The average molecular weight is 359 g/mol. The van der Waals surface area contributed by atoms with E-state index >= 15 is 0 Å². The molecule has 0 aromatic carbocycles. The van der Waals surface area contributed by atoms with Crippen molar-refractivity contribution in [2.24, 2.45) is 7.05 Å². The number of aliphatic hydroxyl groups excluding tert-OH is 1. The fourth-order valence-electron chi connectivity index (χ4n) is 2.68. The largest absolute Gasteiger partial charge is 0.380 e. The van der Waals surface area contributed by atoms with Gasteiger partial charge < -0.3 is 15.5 Å². The van der Waals surface area contributed by atoms with Gasteiger partial charge >= 0.3 is 0 Å². The number of fused-ring (bicyclic) bond motifs is 1. The smallest absolute Gasteiger partial charge is 0.137 e. The average Bonchev–Trinajstić information content (AvgIpc) is 3.34. The topological polar surface area (TPSA) is 116 Å². The number of nitrogens with zero attached hydrogens (tertiary/aromatic N) is 5. The summed E-state index contributed by atoms with van der Waals surface area (Å²) in [6.45, 7) is 0. The Balaban J connectivity index is 1.52. The van der Waals surface area contributed by atoms with Gasteiger partial charge in [0.05, 0.1) is 40.5 Å². The molecule has 4 aromatic heterocycles. The number of rotatable bonds is 5. The van der Waals surface area contributed by atoms with Gasteiger partial charge in [-0.05, 0) is 36.4 Å². The van der Waals surface area contributed by atoms with Gasteiger partial charge in [-0.15, -0.1) is 0 Å². The summed E-state index contributed by atoms with van der Waals surface area (Å²) in [5.74, 6) is 0.542. The van der Waals surface area contributed by atoms with Crippen molar-refractivity contribution in [3.05, 3.63) is 77.9 Å². The standard InChI is InChI=1S/C19H17N7O/c1-26-11-12(9-23-26)13(20)4-7-18-22-10-17(25-18)19(27)16-6-5-14-15(24-16)3-2-8-21-14/h2-11,19-20,27H,1H3,(H,22,25)/b7-4-,20-13?. The van der Waals surface area contributed by atoms with E-state index in [0.29, 0.717) is 22.9 Å². The highest BCUT2D eigenvalue weighted by atomic mass is 16.3. The van der Waals surface area contributed by atoms with Crippen molar-refractivity contribution in [1.29, 1.82) is 5.41 Å². The van der Waals surface area contributed by atoms with Crippen LogP contribution in [0.2, 0.25) is 0 Å². The van der Waals surface area contributed by atoms with Crippen LogP contribution < -0.4 is 0 Å². The first kappa shape index (κ1) is 16.8. The highest BCUT2D eigenvalue weighted by Gasteiger charge is 2.15. The van der Waals surface area contributed by atoms with E-state index in [-0.39, 0.29) is 0 Å². The van der Waals surface area contributed by atoms with Crippen molar-refractivity contribution < 1.29 is 5.11 Å². The van der Waals surface area contributed by atoms with E-state index in [0.717, 1.165) is 16.6 Å². The molecular formula is C19H17N7O. The molecule has 0 saturated carbocycles. The summed E-state index contributed by atoms with van der Waals surface area (Å²) in [6, 6.07) is 7.23. The summed E-state index contributed by atoms with van der Waals surface area (Å²) < 4.78 is 1.64. The molecule has 8 nitrogen and oxygen atoms in total. The molecule has 0 spiro atoms. The van der Waals surface area contributed by atoms with Crippen molar-refractivity contribution in [3.8, 4) is 0 Å². The molecule has 0 radical (unpaired) electrons. The molecule has 1 unspecified atom stereocenters. The zero-order valence-electron chi connectivity index (χ0n) is 14.5. The lowest BCUT2D eigenvalue weighted by Gasteiger charge is -2.08. The number of imidazole rings is 1. The van der Waals surface area contributed by atoms with Crippen LogP contribution in [0, 0.1) is 5.41 Å². The van der Waals surface area contributed by atoms with Crippen molar-refractivity contribution in [1.82, 2.24) is 29.7 Å². The third-order valence-corrected chi connectivity index (χ3v) is 4.09. The van der Waals surface area contributed by atoms with Crippen LogP contribution >= 0.6 is 0 Å². The number of nitrogens with one attached hydrogen (secondary N) is 2. The second kappa shape index (κ2) is 6.93. The maximum Gasteiger partial charge on any atom is 0.137 e. The number of aliphatic hydroxyl groups is 1. The number of allylic oxidation sites excluding steroid dienone is 1. The third-order valence-electron chi connectivity index (χ3n) is 4.09. The lowest BCUT2D eigenvalue weighted by atomic mass is 10.1. The Labute approximate surface area is 154 Å². The predicted molar refractivity (Wildman–Crippen MR) is 101 cm³/mol. The Morgan fingerprint density at radius 1 is 1.22 bits per heavy atom. The quantitative estimate of drug-likeness (QED) is 0.473. The zero-order chi connectivity index (χ0) is 18.8. The van der Waals surface area contributed by atoms with Crippen molar-refractivity contribution >= 4 is 22.8 Å². The highest BCUT2D eigenvalue weighted by molar-refractivity contribution is 6.08. The van der Waals surface area contributed by atoms with Crippen LogP contribution in [0.25, 0.3) is 17.1 Å². The van der Waals surface area contributed by atoms with E-state index in [1.807, 2.05) is 18.2 Å². The second-order valence-electron chi connectivity index (χ2n) is 6.05. The molecule has 4 aromatic rings. The van der Waals surface area contributed by atoms with Gasteiger partial charge in [-0.25, -0.2) is 9.97 Å². The van der Waals surface area contributed by atoms with Gasteiger partial charge in [-0.1, -0.05) is 0 Å². The zero-order valence-corrected chi connectivity index (χ0v) is 14.5. The van der Waals surface area contributed by atoms with Gasteiger partial charge in [0.25, 0.3) is 0 Å². The Kier molecular flexibility index (Phi) is 4.31. The molecule has 0 fully saturated rings. The van der Waals surface area contributed by atoms with Crippen LogP contribution in [-0.2, 0) is 7.05 Å². The molecule has 8 heteroatoms. The van der Waals surface area contributed by atoms with Crippen LogP contribution in [0.1, 0.15) is 28.9 Å². The Morgan fingerprint density at radius 2 is 2.11 bits per heavy atom. The summed E-state index contributed by atoms with van der Waals surface area (Å²) in [5, 5.41) is 22.7. The Hall–Kier alpha value is -3.65. The Bertz CT molecular complexity index is 1140. The molecule has 0 amide bonds.